The van der Waals surface area contributed by atoms with Crippen LogP contribution >= 0.6 is 0 Å². The van der Waals surface area contributed by atoms with Crippen molar-refractivity contribution >= 4 is 11.7 Å². The molecule has 128 valence electrons. The van der Waals surface area contributed by atoms with E-state index in [1.54, 1.807) is 13.3 Å². The molecule has 0 amide bonds. The summed E-state index contributed by atoms with van der Waals surface area (Å²) in [6.45, 7) is 2.25. The first kappa shape index (κ1) is 17.8. The molecule has 1 atom stereocenters. The molecule has 0 saturated carbocycles. The first-order valence-corrected chi connectivity index (χ1v) is 8.19. The van der Waals surface area contributed by atoms with Gasteiger partial charge in [-0.2, -0.15) is 0 Å². The highest BCUT2D eigenvalue weighted by molar-refractivity contribution is 5.69. The van der Waals surface area contributed by atoms with Gasteiger partial charge in [0.15, 0.2) is 0 Å². The Morgan fingerprint density at radius 2 is 2.04 bits per heavy atom. The molecule has 1 N–H and O–H groups in total. The molecular formula is C19H24N2O3. The third-order valence-electron chi connectivity index (χ3n) is 3.70. The van der Waals surface area contributed by atoms with Crippen molar-refractivity contribution in [3.8, 4) is 5.75 Å². The molecule has 0 fully saturated rings. The first-order chi connectivity index (χ1) is 11.7. The predicted octanol–water partition coefficient (Wildman–Crippen LogP) is 3.98. The van der Waals surface area contributed by atoms with Crippen molar-refractivity contribution in [2.24, 2.45) is 0 Å². The van der Waals surface area contributed by atoms with Gasteiger partial charge in [0.1, 0.15) is 5.75 Å². The van der Waals surface area contributed by atoms with Gasteiger partial charge in [-0.3, -0.25) is 9.78 Å². The molecule has 24 heavy (non-hydrogen) atoms. The number of aromatic nitrogens is 1. The number of hydrogen-bond acceptors (Lipinski definition) is 5. The Kier molecular flexibility index (Phi) is 7.08. The van der Waals surface area contributed by atoms with Crippen LogP contribution in [0.3, 0.4) is 0 Å². The van der Waals surface area contributed by atoms with Crippen LogP contribution in [-0.4, -0.2) is 24.7 Å². The van der Waals surface area contributed by atoms with Gasteiger partial charge in [-0.05, 0) is 55.7 Å². The fraction of sp³-hybridized carbons (Fsp3) is 0.368. The van der Waals surface area contributed by atoms with Crippen molar-refractivity contribution in [2.75, 3.05) is 19.0 Å². The fourth-order valence-electron chi connectivity index (χ4n) is 2.48. The van der Waals surface area contributed by atoms with Crippen LogP contribution in [0.1, 0.15) is 37.8 Å². The van der Waals surface area contributed by atoms with Gasteiger partial charge < -0.3 is 14.8 Å². The lowest BCUT2D eigenvalue weighted by Crippen LogP contribution is -2.12. The van der Waals surface area contributed by atoms with Crippen LogP contribution in [-0.2, 0) is 9.53 Å². The molecule has 1 aromatic carbocycles. The molecule has 1 aromatic heterocycles. The molecule has 0 unspecified atom stereocenters. The number of nitrogens with one attached hydrogen (secondary N) is 1. The van der Waals surface area contributed by atoms with Crippen molar-refractivity contribution in [3.05, 3.63) is 54.4 Å². The largest absolute Gasteiger partial charge is 0.497 e. The Hall–Kier alpha value is -2.56. The average Bonchev–Trinajstić information content (AvgIpc) is 2.62. The molecule has 0 aliphatic carbocycles. The quantitative estimate of drug-likeness (QED) is 0.706. The molecule has 0 spiro atoms. The van der Waals surface area contributed by atoms with Gasteiger partial charge in [0, 0.05) is 24.5 Å². The van der Waals surface area contributed by atoms with Crippen molar-refractivity contribution in [1.29, 1.82) is 0 Å². The minimum absolute atomic E-state index is 0.0847. The summed E-state index contributed by atoms with van der Waals surface area (Å²) >= 11 is 0. The van der Waals surface area contributed by atoms with E-state index < -0.39 is 0 Å². The second kappa shape index (κ2) is 9.55. The Bertz CT molecular complexity index is 614. The molecular weight excluding hydrogens is 304 g/mol. The van der Waals surface area contributed by atoms with Crippen LogP contribution in [0, 0.1) is 0 Å². The Morgan fingerprint density at radius 1 is 1.25 bits per heavy atom. The number of methoxy groups -OCH3 is 1. The minimum atomic E-state index is -0.146. The third-order valence-corrected chi connectivity index (χ3v) is 3.70. The summed E-state index contributed by atoms with van der Waals surface area (Å²) in [6.07, 6.45) is 5.60. The lowest BCUT2D eigenvalue weighted by atomic mass is 10.0. The van der Waals surface area contributed by atoms with E-state index in [9.17, 15) is 4.79 Å². The number of esters is 1. The van der Waals surface area contributed by atoms with E-state index in [1.807, 2.05) is 49.5 Å². The summed E-state index contributed by atoms with van der Waals surface area (Å²) in [5.41, 5.74) is 2.10. The third kappa shape index (κ3) is 5.57. The van der Waals surface area contributed by atoms with E-state index in [-0.39, 0.29) is 12.0 Å². The number of benzene rings is 1. The van der Waals surface area contributed by atoms with Gasteiger partial charge in [-0.25, -0.2) is 0 Å². The molecule has 1 heterocycles. The number of ether oxygens (including phenoxy) is 2. The zero-order valence-electron chi connectivity index (χ0n) is 14.2. The van der Waals surface area contributed by atoms with Crippen molar-refractivity contribution in [3.63, 3.8) is 0 Å². The number of nitrogens with zero attached hydrogens (tertiary/aromatic N) is 1. The lowest BCUT2D eigenvalue weighted by Gasteiger charge is -2.20. The summed E-state index contributed by atoms with van der Waals surface area (Å²) < 4.78 is 10.2. The monoisotopic (exact) mass is 328 g/mol. The lowest BCUT2D eigenvalue weighted by molar-refractivity contribution is -0.143. The first-order valence-electron chi connectivity index (χ1n) is 8.19. The van der Waals surface area contributed by atoms with Crippen LogP contribution in [0.25, 0.3) is 0 Å². The predicted molar refractivity (Wildman–Crippen MR) is 94.1 cm³/mol. The topological polar surface area (TPSA) is 60.5 Å². The van der Waals surface area contributed by atoms with Crippen molar-refractivity contribution in [1.82, 2.24) is 4.98 Å². The fourth-order valence-corrected chi connectivity index (χ4v) is 2.48. The molecule has 2 aromatic rings. The molecule has 0 aliphatic rings. The highest BCUT2D eigenvalue weighted by atomic mass is 16.5. The average molecular weight is 328 g/mol. The molecule has 0 aliphatic heterocycles. The zero-order valence-corrected chi connectivity index (χ0v) is 14.2. The highest BCUT2D eigenvalue weighted by Gasteiger charge is 2.13. The summed E-state index contributed by atoms with van der Waals surface area (Å²) in [4.78, 5) is 15.7. The number of anilines is 1. The number of carbonyl (C=O) groups excluding carboxylic acids is 1. The van der Waals surface area contributed by atoms with Crippen LogP contribution < -0.4 is 10.1 Å². The maximum Gasteiger partial charge on any atom is 0.305 e. The van der Waals surface area contributed by atoms with Crippen molar-refractivity contribution < 1.29 is 14.3 Å². The van der Waals surface area contributed by atoms with E-state index in [2.05, 4.69) is 10.3 Å². The smallest absolute Gasteiger partial charge is 0.305 e. The van der Waals surface area contributed by atoms with Crippen LogP contribution in [0.2, 0.25) is 0 Å². The normalized spacial score (nSPS) is 11.6. The van der Waals surface area contributed by atoms with Gasteiger partial charge in [-0.15, -0.1) is 0 Å². The second-order valence-corrected chi connectivity index (χ2v) is 5.41. The Balaban J connectivity index is 2.01. The van der Waals surface area contributed by atoms with E-state index in [1.165, 1.54) is 0 Å². The number of rotatable bonds is 9. The summed E-state index contributed by atoms with van der Waals surface area (Å²) in [5.74, 6) is 0.674. The summed E-state index contributed by atoms with van der Waals surface area (Å²) in [7, 11) is 1.65. The van der Waals surface area contributed by atoms with Crippen LogP contribution in [0.5, 0.6) is 5.75 Å². The van der Waals surface area contributed by atoms with Gasteiger partial charge in [-0.1, -0.05) is 6.07 Å². The summed E-state index contributed by atoms with van der Waals surface area (Å²) in [6, 6.07) is 11.8. The van der Waals surface area contributed by atoms with Crippen LogP contribution in [0.4, 0.5) is 5.69 Å². The van der Waals surface area contributed by atoms with Gasteiger partial charge in [0.2, 0.25) is 0 Å². The molecule has 5 nitrogen and oxygen atoms in total. The summed E-state index contributed by atoms with van der Waals surface area (Å²) in [5, 5.41) is 3.50. The van der Waals surface area contributed by atoms with Gasteiger partial charge >= 0.3 is 5.97 Å². The molecule has 0 bridgehead atoms. The van der Waals surface area contributed by atoms with E-state index in [4.69, 9.17) is 9.47 Å². The molecule has 0 radical (unpaired) electrons. The van der Waals surface area contributed by atoms with E-state index in [0.717, 1.165) is 29.8 Å². The number of hydrogen-bond donors (Lipinski definition) is 1. The second-order valence-electron chi connectivity index (χ2n) is 5.41. The van der Waals surface area contributed by atoms with Crippen LogP contribution in [0.15, 0.2) is 48.8 Å². The Morgan fingerprint density at radius 3 is 2.67 bits per heavy atom. The maximum atomic E-state index is 11.5. The van der Waals surface area contributed by atoms with E-state index >= 15 is 0 Å². The van der Waals surface area contributed by atoms with Gasteiger partial charge in [0.05, 0.1) is 19.8 Å². The molecule has 5 heteroatoms. The number of carbonyl (C=O) groups is 1. The maximum absolute atomic E-state index is 11.5. The SMILES string of the molecule is CCOC(=O)CCC[C@H](Nc1ccc(OC)cc1)c1cccnc1. The Labute approximate surface area is 143 Å². The molecule has 0 saturated heterocycles. The highest BCUT2D eigenvalue weighted by Crippen LogP contribution is 2.25. The zero-order chi connectivity index (χ0) is 17.2. The minimum Gasteiger partial charge on any atom is -0.497 e. The van der Waals surface area contributed by atoms with Gasteiger partial charge in [0.25, 0.3) is 0 Å². The molecule has 2 rings (SSSR count). The number of pyridine rings is 1. The van der Waals surface area contributed by atoms with E-state index in [0.29, 0.717) is 13.0 Å². The van der Waals surface area contributed by atoms with Crippen molar-refractivity contribution in [2.45, 2.75) is 32.2 Å². The standard InChI is InChI=1S/C19H24N2O3/c1-3-24-19(22)8-4-7-18(15-6-5-13-20-14-15)21-16-9-11-17(23-2)12-10-16/h5-6,9-14,18,21H,3-4,7-8H2,1-2H3/t18-/m0/s1.